The summed E-state index contributed by atoms with van der Waals surface area (Å²) in [5.41, 5.74) is 2.89. The predicted octanol–water partition coefficient (Wildman–Crippen LogP) is 4.76. The molecule has 3 aromatic rings. The molecule has 0 radical (unpaired) electrons. The molecule has 0 aliphatic heterocycles. The number of fused-ring (bicyclic) bond motifs is 1. The number of carbonyl (C=O) groups is 1. The molecule has 1 aromatic heterocycles. The summed E-state index contributed by atoms with van der Waals surface area (Å²) in [5.74, 6) is 0. The second kappa shape index (κ2) is 8.02. The van der Waals surface area contributed by atoms with E-state index in [9.17, 15) is 4.79 Å². The molecule has 1 heterocycles. The van der Waals surface area contributed by atoms with Gasteiger partial charge in [-0.05, 0) is 18.1 Å². The molecule has 24 heavy (non-hydrogen) atoms. The first-order valence-corrected chi connectivity index (χ1v) is 7.90. The van der Waals surface area contributed by atoms with Gasteiger partial charge in [-0.25, -0.2) is 4.79 Å². The van der Waals surface area contributed by atoms with Crippen molar-refractivity contribution in [3.8, 4) is 0 Å². The first kappa shape index (κ1) is 15.9. The van der Waals surface area contributed by atoms with E-state index in [-0.39, 0.29) is 6.61 Å². The van der Waals surface area contributed by atoms with E-state index in [4.69, 9.17) is 9.15 Å². The first-order valence-electron chi connectivity index (χ1n) is 7.90. The Kier molecular flexibility index (Phi) is 5.30. The summed E-state index contributed by atoms with van der Waals surface area (Å²) < 4.78 is 10.6. The highest BCUT2D eigenvalue weighted by molar-refractivity contribution is 5.86. The zero-order valence-electron chi connectivity index (χ0n) is 13.3. The number of furan rings is 1. The molecular weight excluding hydrogens is 302 g/mol. The summed E-state index contributed by atoms with van der Waals surface area (Å²) in [5, 5.41) is 3.82. The Morgan fingerprint density at radius 2 is 1.88 bits per heavy atom. The topological polar surface area (TPSA) is 51.5 Å². The lowest BCUT2D eigenvalue weighted by atomic mass is 10.1. The second-order valence-corrected chi connectivity index (χ2v) is 5.37. The molecule has 0 saturated heterocycles. The highest BCUT2D eigenvalue weighted by Gasteiger charge is 2.02. The first-order chi connectivity index (χ1) is 11.8. The third-order valence-corrected chi connectivity index (χ3v) is 3.60. The van der Waals surface area contributed by atoms with Gasteiger partial charge in [0.15, 0.2) is 0 Å². The number of amides is 1. The lowest BCUT2D eigenvalue weighted by Crippen LogP contribution is -2.24. The number of hydrogen-bond acceptors (Lipinski definition) is 3. The minimum absolute atomic E-state index is 0.281. The molecule has 0 spiro atoms. The molecule has 0 fully saturated rings. The number of benzene rings is 2. The van der Waals surface area contributed by atoms with Gasteiger partial charge in [0.2, 0.25) is 0 Å². The zero-order chi connectivity index (χ0) is 16.6. The van der Waals surface area contributed by atoms with Gasteiger partial charge in [0.25, 0.3) is 0 Å². The summed E-state index contributed by atoms with van der Waals surface area (Å²) >= 11 is 0. The summed E-state index contributed by atoms with van der Waals surface area (Å²) in [6.07, 6.45) is 6.07. The maximum Gasteiger partial charge on any atom is 0.407 e. The van der Waals surface area contributed by atoms with Gasteiger partial charge < -0.3 is 14.5 Å². The van der Waals surface area contributed by atoms with Crippen molar-refractivity contribution in [3.63, 3.8) is 0 Å². The quantitative estimate of drug-likeness (QED) is 0.666. The molecule has 0 aliphatic carbocycles. The van der Waals surface area contributed by atoms with Gasteiger partial charge in [0, 0.05) is 17.5 Å². The van der Waals surface area contributed by atoms with Crippen molar-refractivity contribution in [2.24, 2.45) is 0 Å². The van der Waals surface area contributed by atoms with E-state index in [0.717, 1.165) is 28.5 Å². The number of rotatable bonds is 6. The molecule has 0 aliphatic rings. The van der Waals surface area contributed by atoms with Crippen LogP contribution in [-0.4, -0.2) is 12.6 Å². The molecule has 2 aromatic carbocycles. The van der Waals surface area contributed by atoms with Crippen molar-refractivity contribution in [2.45, 2.75) is 13.0 Å². The number of alkyl carbamates (subject to hydrolysis) is 1. The number of hydrogen-bond donors (Lipinski definition) is 1. The van der Waals surface area contributed by atoms with Crippen LogP contribution in [-0.2, 0) is 11.3 Å². The maximum absolute atomic E-state index is 11.6. The highest BCUT2D eigenvalue weighted by Crippen LogP contribution is 2.21. The molecule has 1 N–H and O–H groups in total. The van der Waals surface area contributed by atoms with Gasteiger partial charge in [-0.15, -0.1) is 0 Å². The average molecular weight is 321 g/mol. The molecule has 122 valence electrons. The monoisotopic (exact) mass is 321 g/mol. The molecule has 0 atom stereocenters. The third kappa shape index (κ3) is 4.26. The minimum Gasteiger partial charge on any atom is -0.464 e. The number of nitrogens with one attached hydrogen (secondary N) is 1. The fraction of sp³-hybridized carbons (Fsp3) is 0.150. The van der Waals surface area contributed by atoms with Gasteiger partial charge in [-0.2, -0.15) is 0 Å². The van der Waals surface area contributed by atoms with Crippen LogP contribution in [0.2, 0.25) is 0 Å². The molecule has 4 heteroatoms. The zero-order valence-corrected chi connectivity index (χ0v) is 13.3. The summed E-state index contributed by atoms with van der Waals surface area (Å²) in [6.45, 7) is 0.809. The molecule has 0 saturated carbocycles. The predicted molar refractivity (Wildman–Crippen MR) is 94.5 cm³/mol. The lowest BCUT2D eigenvalue weighted by molar-refractivity contribution is 0.140. The fourth-order valence-electron chi connectivity index (χ4n) is 2.37. The van der Waals surface area contributed by atoms with E-state index < -0.39 is 6.09 Å². The van der Waals surface area contributed by atoms with Crippen LogP contribution in [0.5, 0.6) is 0 Å². The Labute approximate surface area is 140 Å². The molecular formula is C20H19NO3. The molecule has 1 amide bonds. The van der Waals surface area contributed by atoms with Crippen LogP contribution in [0.3, 0.4) is 0 Å². The Morgan fingerprint density at radius 3 is 2.75 bits per heavy atom. The van der Waals surface area contributed by atoms with E-state index in [1.807, 2.05) is 66.7 Å². The van der Waals surface area contributed by atoms with Gasteiger partial charge >= 0.3 is 6.09 Å². The smallest absolute Gasteiger partial charge is 0.407 e. The van der Waals surface area contributed by atoms with Crippen LogP contribution in [0, 0.1) is 0 Å². The van der Waals surface area contributed by atoms with Crippen molar-refractivity contribution in [1.82, 2.24) is 5.32 Å². The van der Waals surface area contributed by atoms with Crippen LogP contribution in [0.25, 0.3) is 17.0 Å². The van der Waals surface area contributed by atoms with Crippen LogP contribution in [0.4, 0.5) is 4.79 Å². The van der Waals surface area contributed by atoms with Gasteiger partial charge in [-0.3, -0.25) is 0 Å². The molecule has 0 unspecified atom stereocenters. The van der Waals surface area contributed by atoms with Gasteiger partial charge in [0.05, 0.1) is 6.26 Å². The average Bonchev–Trinajstić information content (AvgIpc) is 3.04. The summed E-state index contributed by atoms with van der Waals surface area (Å²) in [6, 6.07) is 17.5. The van der Waals surface area contributed by atoms with E-state index in [0.29, 0.717) is 6.54 Å². The highest BCUT2D eigenvalue weighted by atomic mass is 16.5. The SMILES string of the molecule is O=C(NCCC=Cc1coc2ccccc12)OCc1ccccc1. The molecule has 0 bridgehead atoms. The summed E-state index contributed by atoms with van der Waals surface area (Å²) in [7, 11) is 0. The van der Waals surface area contributed by atoms with Crippen molar-refractivity contribution in [2.75, 3.05) is 6.54 Å². The Hall–Kier alpha value is -3.01. The van der Waals surface area contributed by atoms with E-state index in [1.165, 1.54) is 0 Å². The van der Waals surface area contributed by atoms with Gasteiger partial charge in [-0.1, -0.05) is 60.7 Å². The standard InChI is InChI=1S/C20H19NO3/c22-20(24-14-16-8-2-1-3-9-16)21-13-7-6-10-17-15-23-19-12-5-4-11-18(17)19/h1-6,8-12,15H,7,13-14H2,(H,21,22). The number of para-hydroxylation sites is 1. The Balaban J connectivity index is 1.39. The van der Waals surface area contributed by atoms with Gasteiger partial charge in [0.1, 0.15) is 12.2 Å². The Morgan fingerprint density at radius 1 is 1.08 bits per heavy atom. The van der Waals surface area contributed by atoms with Crippen LogP contribution < -0.4 is 5.32 Å². The van der Waals surface area contributed by atoms with E-state index in [1.54, 1.807) is 6.26 Å². The minimum atomic E-state index is -0.402. The van der Waals surface area contributed by atoms with E-state index >= 15 is 0 Å². The number of ether oxygens (including phenoxy) is 1. The Bertz CT molecular complexity index is 821. The molecule has 3 rings (SSSR count). The molecule has 4 nitrogen and oxygen atoms in total. The van der Waals surface area contributed by atoms with Crippen molar-refractivity contribution >= 4 is 23.1 Å². The summed E-state index contributed by atoms with van der Waals surface area (Å²) in [4.78, 5) is 11.6. The van der Waals surface area contributed by atoms with Crippen molar-refractivity contribution in [3.05, 3.63) is 78.1 Å². The second-order valence-electron chi connectivity index (χ2n) is 5.37. The van der Waals surface area contributed by atoms with Crippen molar-refractivity contribution in [1.29, 1.82) is 0 Å². The van der Waals surface area contributed by atoms with E-state index in [2.05, 4.69) is 5.32 Å². The lowest BCUT2D eigenvalue weighted by Gasteiger charge is -2.05. The third-order valence-electron chi connectivity index (χ3n) is 3.60. The van der Waals surface area contributed by atoms with Crippen LogP contribution in [0.15, 0.2) is 71.4 Å². The maximum atomic E-state index is 11.6. The normalized spacial score (nSPS) is 11.0. The van der Waals surface area contributed by atoms with Crippen LogP contribution >= 0.6 is 0 Å². The van der Waals surface area contributed by atoms with Crippen LogP contribution in [0.1, 0.15) is 17.5 Å². The van der Waals surface area contributed by atoms with Crippen molar-refractivity contribution < 1.29 is 13.9 Å². The fourth-order valence-corrected chi connectivity index (χ4v) is 2.37. The number of carbonyl (C=O) groups excluding carboxylic acids is 1. The largest absolute Gasteiger partial charge is 0.464 e.